The molecule has 0 bridgehead atoms. The summed E-state index contributed by atoms with van der Waals surface area (Å²) in [4.78, 5) is 17.7. The molecule has 0 aliphatic rings. The SMILES string of the molecule is N#C/C(=C\c1ccc(-c2cccc(Cl)c2Cl)o1)C(=O)Nc1ncc(Cc2cc(Cl)ccc2Cl)s1. The lowest BCUT2D eigenvalue weighted by molar-refractivity contribution is -0.112. The van der Waals surface area contributed by atoms with Gasteiger partial charge in [-0.05, 0) is 48.0 Å². The number of aromatic nitrogens is 1. The van der Waals surface area contributed by atoms with Gasteiger partial charge in [-0.2, -0.15) is 5.26 Å². The molecule has 2 heterocycles. The number of nitrogens with zero attached hydrogens (tertiary/aromatic N) is 2. The minimum absolute atomic E-state index is 0.146. The molecular formula is C24H13Cl4N3O2S. The zero-order chi connectivity index (χ0) is 24.2. The normalized spacial score (nSPS) is 11.3. The molecule has 0 saturated heterocycles. The topological polar surface area (TPSA) is 78.9 Å². The van der Waals surface area contributed by atoms with E-state index >= 15 is 0 Å². The van der Waals surface area contributed by atoms with E-state index in [1.165, 1.54) is 17.4 Å². The van der Waals surface area contributed by atoms with Gasteiger partial charge in [0.05, 0.1) is 10.0 Å². The first-order valence-corrected chi connectivity index (χ1v) is 12.0. The van der Waals surface area contributed by atoms with Crippen LogP contribution < -0.4 is 5.32 Å². The van der Waals surface area contributed by atoms with Crippen molar-refractivity contribution < 1.29 is 9.21 Å². The van der Waals surface area contributed by atoms with Crippen molar-refractivity contribution in [2.24, 2.45) is 0 Å². The highest BCUT2D eigenvalue weighted by atomic mass is 35.5. The lowest BCUT2D eigenvalue weighted by Crippen LogP contribution is -2.13. The highest BCUT2D eigenvalue weighted by molar-refractivity contribution is 7.15. The molecule has 1 N–H and O–H groups in total. The van der Waals surface area contributed by atoms with Gasteiger partial charge in [0.1, 0.15) is 23.2 Å². The van der Waals surface area contributed by atoms with Gasteiger partial charge < -0.3 is 4.42 Å². The Balaban J connectivity index is 1.48. The predicted octanol–water partition coefficient (Wildman–Crippen LogP) is 8.15. The first-order chi connectivity index (χ1) is 16.3. The van der Waals surface area contributed by atoms with Gasteiger partial charge in [0.25, 0.3) is 5.91 Å². The van der Waals surface area contributed by atoms with Gasteiger partial charge >= 0.3 is 0 Å². The van der Waals surface area contributed by atoms with Crippen LogP contribution in [0.25, 0.3) is 17.4 Å². The lowest BCUT2D eigenvalue weighted by Gasteiger charge is -2.03. The van der Waals surface area contributed by atoms with Crippen LogP contribution >= 0.6 is 57.7 Å². The Labute approximate surface area is 219 Å². The molecule has 4 rings (SSSR count). The van der Waals surface area contributed by atoms with E-state index in [0.717, 1.165) is 10.4 Å². The van der Waals surface area contributed by atoms with Crippen LogP contribution in [0.2, 0.25) is 20.1 Å². The summed E-state index contributed by atoms with van der Waals surface area (Å²) < 4.78 is 5.74. The number of furan rings is 1. The van der Waals surface area contributed by atoms with Gasteiger partial charge in [-0.25, -0.2) is 4.98 Å². The van der Waals surface area contributed by atoms with E-state index in [-0.39, 0.29) is 5.57 Å². The Morgan fingerprint density at radius 1 is 1.12 bits per heavy atom. The maximum Gasteiger partial charge on any atom is 0.268 e. The van der Waals surface area contributed by atoms with Gasteiger partial charge in [-0.3, -0.25) is 10.1 Å². The number of hydrogen-bond donors (Lipinski definition) is 1. The van der Waals surface area contributed by atoms with Gasteiger partial charge in [0.2, 0.25) is 0 Å². The molecule has 0 aliphatic heterocycles. The van der Waals surface area contributed by atoms with Crippen molar-refractivity contribution in [3.05, 3.63) is 96.6 Å². The molecule has 0 fully saturated rings. The van der Waals surface area contributed by atoms with Crippen molar-refractivity contribution in [2.75, 3.05) is 5.32 Å². The lowest BCUT2D eigenvalue weighted by atomic mass is 10.1. The zero-order valence-corrected chi connectivity index (χ0v) is 21.0. The van der Waals surface area contributed by atoms with Crippen LogP contribution in [0.3, 0.4) is 0 Å². The molecule has 2 aromatic heterocycles. The Kier molecular flexibility index (Phi) is 7.62. The second kappa shape index (κ2) is 10.6. The number of rotatable bonds is 6. The number of nitrogens with one attached hydrogen (secondary N) is 1. The van der Waals surface area contributed by atoms with Crippen LogP contribution in [0.1, 0.15) is 16.2 Å². The Morgan fingerprint density at radius 2 is 1.94 bits per heavy atom. The molecule has 170 valence electrons. The maximum absolute atomic E-state index is 12.6. The number of anilines is 1. The molecule has 4 aromatic rings. The first-order valence-electron chi connectivity index (χ1n) is 9.70. The van der Waals surface area contributed by atoms with Gasteiger partial charge in [0, 0.05) is 39.2 Å². The van der Waals surface area contributed by atoms with Crippen LogP contribution in [0.15, 0.2) is 64.7 Å². The van der Waals surface area contributed by atoms with Crippen LogP contribution in [0, 0.1) is 11.3 Å². The van der Waals surface area contributed by atoms with Crippen molar-refractivity contribution in [2.45, 2.75) is 6.42 Å². The molecule has 0 saturated carbocycles. The second-order valence-electron chi connectivity index (χ2n) is 6.97. The summed E-state index contributed by atoms with van der Waals surface area (Å²) in [5.41, 5.74) is 1.31. The fourth-order valence-corrected chi connectivity index (χ4v) is 4.64. The summed E-state index contributed by atoms with van der Waals surface area (Å²) in [6, 6.07) is 15.6. The monoisotopic (exact) mass is 547 g/mol. The van der Waals surface area contributed by atoms with Crippen LogP contribution in [0.4, 0.5) is 5.13 Å². The Bertz CT molecular complexity index is 1450. The van der Waals surface area contributed by atoms with Crippen molar-refractivity contribution in [1.82, 2.24) is 4.98 Å². The van der Waals surface area contributed by atoms with E-state index in [1.54, 1.807) is 54.7 Å². The number of thiazole rings is 1. The van der Waals surface area contributed by atoms with Gasteiger partial charge in [-0.1, -0.05) is 52.5 Å². The molecule has 34 heavy (non-hydrogen) atoms. The summed E-state index contributed by atoms with van der Waals surface area (Å²) in [7, 11) is 0. The zero-order valence-electron chi connectivity index (χ0n) is 17.1. The summed E-state index contributed by atoms with van der Waals surface area (Å²) >= 11 is 25.8. The van der Waals surface area contributed by atoms with E-state index in [1.807, 2.05) is 6.07 Å². The molecule has 10 heteroatoms. The number of benzene rings is 2. The molecule has 0 radical (unpaired) electrons. The molecular weight excluding hydrogens is 536 g/mol. The molecule has 0 aliphatic carbocycles. The molecule has 2 aromatic carbocycles. The summed E-state index contributed by atoms with van der Waals surface area (Å²) in [6.45, 7) is 0. The van der Waals surface area contributed by atoms with E-state index in [2.05, 4.69) is 10.3 Å². The standard InChI is InChI=1S/C24H13Cl4N3O2S/c25-15-4-6-19(26)13(8-15)10-17-12-30-24(34-17)31-23(32)14(11-29)9-16-5-7-21(33-16)18-2-1-3-20(27)22(18)28/h1-9,12H,10H2,(H,30,31,32)/b14-9+. The van der Waals surface area contributed by atoms with Crippen LogP contribution in [-0.2, 0) is 11.2 Å². The van der Waals surface area contributed by atoms with E-state index in [0.29, 0.717) is 48.7 Å². The highest BCUT2D eigenvalue weighted by Crippen LogP contribution is 2.34. The van der Waals surface area contributed by atoms with E-state index < -0.39 is 5.91 Å². The third-order valence-corrected chi connectivity index (χ3v) is 6.98. The fraction of sp³-hybridized carbons (Fsp3) is 0.0417. The molecule has 1 amide bonds. The van der Waals surface area contributed by atoms with Crippen LogP contribution in [0.5, 0.6) is 0 Å². The number of carbonyl (C=O) groups excluding carboxylic acids is 1. The second-order valence-corrected chi connectivity index (χ2v) is 9.72. The number of hydrogen-bond acceptors (Lipinski definition) is 5. The predicted molar refractivity (Wildman–Crippen MR) is 138 cm³/mol. The molecule has 0 atom stereocenters. The van der Waals surface area contributed by atoms with Gasteiger partial charge in [-0.15, -0.1) is 11.3 Å². The molecule has 5 nitrogen and oxygen atoms in total. The van der Waals surface area contributed by atoms with Crippen LogP contribution in [-0.4, -0.2) is 10.9 Å². The maximum atomic E-state index is 12.6. The fourth-order valence-electron chi connectivity index (χ4n) is 3.04. The third-order valence-electron chi connectivity index (χ3n) is 4.64. The number of amides is 1. The summed E-state index contributed by atoms with van der Waals surface area (Å²) in [5, 5.41) is 14.4. The molecule has 0 unspecified atom stereocenters. The first kappa shape index (κ1) is 24.3. The summed E-state index contributed by atoms with van der Waals surface area (Å²) in [5.74, 6) is 0.164. The van der Waals surface area contributed by atoms with E-state index in [9.17, 15) is 10.1 Å². The molecule has 0 spiro atoms. The third kappa shape index (κ3) is 5.64. The van der Waals surface area contributed by atoms with Crippen molar-refractivity contribution >= 4 is 74.9 Å². The smallest absolute Gasteiger partial charge is 0.268 e. The minimum atomic E-state index is -0.608. The Hall–Kier alpha value is -2.79. The quantitative estimate of drug-likeness (QED) is 0.195. The largest absolute Gasteiger partial charge is 0.457 e. The van der Waals surface area contributed by atoms with E-state index in [4.69, 9.17) is 50.8 Å². The highest BCUT2D eigenvalue weighted by Gasteiger charge is 2.15. The van der Waals surface area contributed by atoms with Gasteiger partial charge in [0.15, 0.2) is 5.13 Å². The van der Waals surface area contributed by atoms with Crippen molar-refractivity contribution in [3.8, 4) is 17.4 Å². The van der Waals surface area contributed by atoms with Crippen molar-refractivity contribution in [1.29, 1.82) is 5.26 Å². The summed E-state index contributed by atoms with van der Waals surface area (Å²) in [6.07, 6.45) is 3.49. The van der Waals surface area contributed by atoms with Crippen molar-refractivity contribution in [3.63, 3.8) is 0 Å². The average Bonchev–Trinajstić information content (AvgIpc) is 3.46. The average molecular weight is 549 g/mol. The number of nitriles is 1. The minimum Gasteiger partial charge on any atom is -0.457 e. The number of halogens is 4. The number of carbonyl (C=O) groups is 1. The Morgan fingerprint density at radius 3 is 2.74 bits per heavy atom.